The fourth-order valence-corrected chi connectivity index (χ4v) is 1.68. The molecule has 0 aliphatic carbocycles. The second-order valence-electron chi connectivity index (χ2n) is 4.46. The van der Waals surface area contributed by atoms with Crippen molar-refractivity contribution >= 4 is 24.2 Å². The van der Waals surface area contributed by atoms with Crippen LogP contribution in [-0.2, 0) is 9.59 Å². The summed E-state index contributed by atoms with van der Waals surface area (Å²) >= 11 is 0. The van der Waals surface area contributed by atoms with Gasteiger partial charge >= 0.3 is 0 Å². The Kier molecular flexibility index (Phi) is 8.59. The van der Waals surface area contributed by atoms with Crippen molar-refractivity contribution in [2.24, 2.45) is 5.73 Å². The number of amides is 2. The Balaban J connectivity index is 0.00000361. The number of hydrogen-bond acceptors (Lipinski definition) is 3. The second kappa shape index (κ2) is 9.34. The summed E-state index contributed by atoms with van der Waals surface area (Å²) in [5.41, 5.74) is 6.93. The Labute approximate surface area is 125 Å². The standard InChI is InChI=1S/C14H21N3O2.ClH/c1-16-13(18)8-9-17(2)14(19)10-12(15)11-6-4-3-5-7-11;/h3-7,12H,8-10,15H2,1-2H3,(H,16,18);1H. The van der Waals surface area contributed by atoms with Crippen molar-refractivity contribution in [1.29, 1.82) is 0 Å². The number of hydrogen-bond donors (Lipinski definition) is 2. The highest BCUT2D eigenvalue weighted by atomic mass is 35.5. The van der Waals surface area contributed by atoms with Crippen molar-refractivity contribution < 1.29 is 9.59 Å². The molecule has 2 amide bonds. The van der Waals surface area contributed by atoms with E-state index in [9.17, 15) is 9.59 Å². The lowest BCUT2D eigenvalue weighted by atomic mass is 10.0. The molecule has 0 saturated carbocycles. The SMILES string of the molecule is CNC(=O)CCN(C)C(=O)CC(N)c1ccccc1.Cl. The summed E-state index contributed by atoms with van der Waals surface area (Å²) in [7, 11) is 3.26. The molecule has 112 valence electrons. The number of halogens is 1. The van der Waals surface area contributed by atoms with E-state index >= 15 is 0 Å². The van der Waals surface area contributed by atoms with Crippen LogP contribution in [0.4, 0.5) is 0 Å². The molecule has 1 atom stereocenters. The van der Waals surface area contributed by atoms with Crippen LogP contribution in [0, 0.1) is 0 Å². The van der Waals surface area contributed by atoms with Gasteiger partial charge in [0.15, 0.2) is 0 Å². The highest BCUT2D eigenvalue weighted by Crippen LogP contribution is 2.14. The van der Waals surface area contributed by atoms with Crippen molar-refractivity contribution in [3.05, 3.63) is 35.9 Å². The molecular weight excluding hydrogens is 278 g/mol. The first kappa shape index (κ1) is 18.4. The number of nitrogens with one attached hydrogen (secondary N) is 1. The minimum absolute atomic E-state index is 0. The van der Waals surface area contributed by atoms with Crippen molar-refractivity contribution in [1.82, 2.24) is 10.2 Å². The highest BCUT2D eigenvalue weighted by molar-refractivity contribution is 5.85. The van der Waals surface area contributed by atoms with E-state index in [1.54, 1.807) is 14.1 Å². The lowest BCUT2D eigenvalue weighted by Crippen LogP contribution is -2.33. The predicted octanol–water partition coefficient (Wildman–Crippen LogP) is 1.09. The Morgan fingerprint density at radius 1 is 1.30 bits per heavy atom. The van der Waals surface area contributed by atoms with E-state index in [1.165, 1.54) is 4.90 Å². The van der Waals surface area contributed by atoms with Gasteiger partial charge in [0.25, 0.3) is 0 Å². The maximum atomic E-state index is 11.9. The summed E-state index contributed by atoms with van der Waals surface area (Å²) in [4.78, 5) is 24.6. The molecule has 0 aromatic heterocycles. The van der Waals surface area contributed by atoms with E-state index in [-0.39, 0.29) is 36.7 Å². The zero-order valence-electron chi connectivity index (χ0n) is 11.8. The molecule has 3 N–H and O–H groups in total. The molecule has 1 unspecified atom stereocenters. The minimum Gasteiger partial charge on any atom is -0.359 e. The van der Waals surface area contributed by atoms with Crippen molar-refractivity contribution in [2.75, 3.05) is 20.6 Å². The summed E-state index contributed by atoms with van der Waals surface area (Å²) in [5.74, 6) is -0.132. The first-order chi connectivity index (χ1) is 9.04. The van der Waals surface area contributed by atoms with Gasteiger partial charge < -0.3 is 16.0 Å². The molecule has 0 heterocycles. The van der Waals surface area contributed by atoms with Crippen LogP contribution in [0.2, 0.25) is 0 Å². The first-order valence-corrected chi connectivity index (χ1v) is 6.29. The van der Waals surface area contributed by atoms with Crippen LogP contribution in [0.25, 0.3) is 0 Å². The van der Waals surface area contributed by atoms with Gasteiger partial charge in [-0.3, -0.25) is 9.59 Å². The van der Waals surface area contributed by atoms with Gasteiger partial charge in [0, 0.05) is 39.5 Å². The predicted molar refractivity (Wildman–Crippen MR) is 81.6 cm³/mol. The number of rotatable bonds is 6. The van der Waals surface area contributed by atoms with Gasteiger partial charge in [0.1, 0.15) is 0 Å². The monoisotopic (exact) mass is 299 g/mol. The Morgan fingerprint density at radius 3 is 2.45 bits per heavy atom. The summed E-state index contributed by atoms with van der Waals surface area (Å²) in [6.45, 7) is 0.403. The van der Waals surface area contributed by atoms with Gasteiger partial charge in [0.2, 0.25) is 11.8 Å². The van der Waals surface area contributed by atoms with Crippen LogP contribution >= 0.6 is 12.4 Å². The molecule has 5 nitrogen and oxygen atoms in total. The van der Waals surface area contributed by atoms with E-state index in [2.05, 4.69) is 5.32 Å². The molecule has 20 heavy (non-hydrogen) atoms. The topological polar surface area (TPSA) is 75.4 Å². The highest BCUT2D eigenvalue weighted by Gasteiger charge is 2.15. The molecule has 0 radical (unpaired) electrons. The molecule has 0 spiro atoms. The van der Waals surface area contributed by atoms with Crippen LogP contribution < -0.4 is 11.1 Å². The third-order valence-corrected chi connectivity index (χ3v) is 3.00. The van der Waals surface area contributed by atoms with Gasteiger partial charge in [-0.2, -0.15) is 0 Å². The number of nitrogens with zero attached hydrogens (tertiary/aromatic N) is 1. The molecule has 0 bridgehead atoms. The van der Waals surface area contributed by atoms with E-state index in [0.717, 1.165) is 5.56 Å². The Morgan fingerprint density at radius 2 is 1.90 bits per heavy atom. The summed E-state index contributed by atoms with van der Waals surface area (Å²) in [5, 5.41) is 2.52. The van der Waals surface area contributed by atoms with Gasteiger partial charge in [0.05, 0.1) is 0 Å². The lowest BCUT2D eigenvalue weighted by molar-refractivity contribution is -0.130. The van der Waals surface area contributed by atoms with Gasteiger partial charge in [-0.25, -0.2) is 0 Å². The summed E-state index contributed by atoms with van der Waals surface area (Å²) in [6, 6.07) is 9.21. The fraction of sp³-hybridized carbons (Fsp3) is 0.429. The summed E-state index contributed by atoms with van der Waals surface area (Å²) in [6.07, 6.45) is 0.549. The van der Waals surface area contributed by atoms with Gasteiger partial charge in [-0.15, -0.1) is 12.4 Å². The molecule has 1 rings (SSSR count). The third-order valence-electron chi connectivity index (χ3n) is 3.00. The molecule has 1 aromatic rings. The van der Waals surface area contributed by atoms with E-state index in [1.807, 2.05) is 30.3 Å². The number of carbonyl (C=O) groups is 2. The van der Waals surface area contributed by atoms with E-state index in [0.29, 0.717) is 13.0 Å². The van der Waals surface area contributed by atoms with Crippen LogP contribution in [-0.4, -0.2) is 37.4 Å². The van der Waals surface area contributed by atoms with Crippen LogP contribution in [0.5, 0.6) is 0 Å². The van der Waals surface area contributed by atoms with Crippen molar-refractivity contribution in [3.63, 3.8) is 0 Å². The lowest BCUT2D eigenvalue weighted by Gasteiger charge is -2.19. The minimum atomic E-state index is -0.309. The number of carbonyl (C=O) groups excluding carboxylic acids is 2. The molecule has 0 saturated heterocycles. The third kappa shape index (κ3) is 6.04. The van der Waals surface area contributed by atoms with E-state index < -0.39 is 0 Å². The van der Waals surface area contributed by atoms with Crippen molar-refractivity contribution in [2.45, 2.75) is 18.9 Å². The van der Waals surface area contributed by atoms with Gasteiger partial charge in [-0.05, 0) is 5.56 Å². The maximum Gasteiger partial charge on any atom is 0.224 e. The van der Waals surface area contributed by atoms with Crippen LogP contribution in [0.1, 0.15) is 24.4 Å². The molecule has 0 fully saturated rings. The first-order valence-electron chi connectivity index (χ1n) is 6.29. The molecule has 6 heteroatoms. The maximum absolute atomic E-state index is 11.9. The average Bonchev–Trinajstić information content (AvgIpc) is 2.44. The second-order valence-corrected chi connectivity index (χ2v) is 4.46. The van der Waals surface area contributed by atoms with Crippen LogP contribution in [0.3, 0.4) is 0 Å². The van der Waals surface area contributed by atoms with E-state index in [4.69, 9.17) is 5.73 Å². The smallest absolute Gasteiger partial charge is 0.224 e. The molecule has 0 aliphatic rings. The number of benzene rings is 1. The Bertz CT molecular complexity index is 426. The Hall–Kier alpha value is -1.59. The fourth-order valence-electron chi connectivity index (χ4n) is 1.68. The quantitative estimate of drug-likeness (QED) is 0.826. The zero-order chi connectivity index (χ0) is 14.3. The van der Waals surface area contributed by atoms with Crippen LogP contribution in [0.15, 0.2) is 30.3 Å². The molecule has 0 aliphatic heterocycles. The largest absolute Gasteiger partial charge is 0.359 e. The zero-order valence-corrected chi connectivity index (χ0v) is 12.7. The molecule has 1 aromatic carbocycles. The number of nitrogens with two attached hydrogens (primary N) is 1. The summed E-state index contributed by atoms with van der Waals surface area (Å²) < 4.78 is 0. The normalized spacial score (nSPS) is 11.2. The molecular formula is C14H22ClN3O2. The average molecular weight is 300 g/mol. The van der Waals surface area contributed by atoms with Gasteiger partial charge in [-0.1, -0.05) is 30.3 Å². The van der Waals surface area contributed by atoms with Crippen molar-refractivity contribution in [3.8, 4) is 0 Å².